The zero-order valence-corrected chi connectivity index (χ0v) is 11.5. The maximum Gasteiger partial charge on any atom is 0.419 e. The van der Waals surface area contributed by atoms with Crippen molar-refractivity contribution in [2.75, 3.05) is 0 Å². The molecule has 0 bridgehead atoms. The van der Waals surface area contributed by atoms with Crippen LogP contribution in [-0.4, -0.2) is 21.2 Å². The zero-order valence-electron chi connectivity index (χ0n) is 11.5. The van der Waals surface area contributed by atoms with Gasteiger partial charge in [0.2, 0.25) is 0 Å². The Morgan fingerprint density at radius 3 is 2.58 bits per heavy atom. The van der Waals surface area contributed by atoms with Crippen LogP contribution in [0.25, 0.3) is 0 Å². The van der Waals surface area contributed by atoms with Gasteiger partial charge in [-0.25, -0.2) is 14.3 Å². The number of ether oxygens (including phenoxy) is 1. The van der Waals surface area contributed by atoms with Crippen molar-refractivity contribution >= 4 is 6.09 Å². The molecule has 0 unspecified atom stereocenters. The second-order valence-electron chi connectivity index (χ2n) is 5.41. The zero-order chi connectivity index (χ0) is 13.9. The van der Waals surface area contributed by atoms with Gasteiger partial charge in [0.05, 0.1) is 5.69 Å². The lowest BCUT2D eigenvalue weighted by Crippen LogP contribution is -2.26. The summed E-state index contributed by atoms with van der Waals surface area (Å²) in [4.78, 5) is 16.1. The van der Waals surface area contributed by atoms with E-state index in [4.69, 9.17) is 4.74 Å². The number of carbonyl (C=O) groups excluding carboxylic acids is 1. The molecule has 0 aliphatic heterocycles. The van der Waals surface area contributed by atoms with Crippen molar-refractivity contribution < 1.29 is 9.53 Å². The highest BCUT2D eigenvalue weighted by Gasteiger charge is 2.17. The Morgan fingerprint density at radius 1 is 1.26 bits per heavy atom. The summed E-state index contributed by atoms with van der Waals surface area (Å²) >= 11 is 0. The van der Waals surface area contributed by atoms with Crippen molar-refractivity contribution in [3.63, 3.8) is 0 Å². The largest absolute Gasteiger partial charge is 0.443 e. The molecule has 0 aliphatic rings. The van der Waals surface area contributed by atoms with E-state index in [0.717, 1.165) is 11.3 Å². The highest BCUT2D eigenvalue weighted by molar-refractivity contribution is 5.70. The van der Waals surface area contributed by atoms with Crippen molar-refractivity contribution in [3.05, 3.63) is 54.1 Å². The van der Waals surface area contributed by atoms with Gasteiger partial charge in [0.1, 0.15) is 11.9 Å². The number of nitrogens with zero attached hydrogens (tertiary/aromatic N) is 2. The highest BCUT2D eigenvalue weighted by Crippen LogP contribution is 2.11. The fraction of sp³-hybridized carbons (Fsp3) is 0.333. The molecule has 2 rings (SSSR count). The fourth-order valence-electron chi connectivity index (χ4n) is 1.67. The third kappa shape index (κ3) is 3.95. The van der Waals surface area contributed by atoms with Crippen LogP contribution < -0.4 is 0 Å². The number of rotatable bonds is 2. The summed E-state index contributed by atoms with van der Waals surface area (Å²) in [5.74, 6) is 0. The number of carbonyl (C=O) groups is 1. The molecule has 0 saturated carbocycles. The Balaban J connectivity index is 2.05. The third-order valence-electron chi connectivity index (χ3n) is 2.47. The Labute approximate surface area is 113 Å². The van der Waals surface area contributed by atoms with Gasteiger partial charge in [-0.1, -0.05) is 30.3 Å². The molecule has 1 aromatic heterocycles. The molecule has 0 N–H and O–H groups in total. The lowest BCUT2D eigenvalue weighted by molar-refractivity contribution is 0.0536. The number of hydrogen-bond acceptors (Lipinski definition) is 3. The molecule has 4 heteroatoms. The van der Waals surface area contributed by atoms with Crippen LogP contribution in [0.15, 0.2) is 42.9 Å². The van der Waals surface area contributed by atoms with Crippen LogP contribution in [0.4, 0.5) is 4.79 Å². The Kier molecular flexibility index (Phi) is 3.69. The standard InChI is InChI=1S/C15H18N2O2/c1-15(2,3)19-14(18)17-10-13(16-11-17)9-12-7-5-4-6-8-12/h4-8,10-11H,9H2,1-3H3. The normalized spacial score (nSPS) is 11.3. The Bertz CT molecular complexity index is 553. The molecule has 100 valence electrons. The van der Waals surface area contributed by atoms with E-state index in [1.807, 2.05) is 51.1 Å². The quantitative estimate of drug-likeness (QED) is 0.830. The summed E-state index contributed by atoms with van der Waals surface area (Å²) in [5, 5.41) is 0. The minimum absolute atomic E-state index is 0.403. The summed E-state index contributed by atoms with van der Waals surface area (Å²) < 4.78 is 6.65. The Morgan fingerprint density at radius 2 is 1.95 bits per heavy atom. The van der Waals surface area contributed by atoms with Gasteiger partial charge in [0.15, 0.2) is 0 Å². The predicted octanol–water partition coefficient (Wildman–Crippen LogP) is 3.26. The van der Waals surface area contributed by atoms with Gasteiger partial charge in [-0.3, -0.25) is 0 Å². The molecule has 0 radical (unpaired) electrons. The van der Waals surface area contributed by atoms with Crippen molar-refractivity contribution in [3.8, 4) is 0 Å². The molecule has 0 spiro atoms. The monoisotopic (exact) mass is 258 g/mol. The molecule has 0 saturated heterocycles. The number of imidazole rings is 1. The first-order valence-electron chi connectivity index (χ1n) is 6.24. The van der Waals surface area contributed by atoms with Crippen LogP contribution in [0.1, 0.15) is 32.0 Å². The summed E-state index contributed by atoms with van der Waals surface area (Å²) in [6, 6.07) is 10.0. The first-order valence-corrected chi connectivity index (χ1v) is 6.24. The fourth-order valence-corrected chi connectivity index (χ4v) is 1.67. The van der Waals surface area contributed by atoms with Crippen molar-refractivity contribution in [1.29, 1.82) is 0 Å². The van der Waals surface area contributed by atoms with E-state index in [2.05, 4.69) is 4.98 Å². The minimum atomic E-state index is -0.499. The second-order valence-corrected chi connectivity index (χ2v) is 5.41. The van der Waals surface area contributed by atoms with Gasteiger partial charge in [-0.05, 0) is 26.3 Å². The van der Waals surface area contributed by atoms with Crippen molar-refractivity contribution in [2.45, 2.75) is 32.8 Å². The van der Waals surface area contributed by atoms with Crippen LogP contribution in [0, 0.1) is 0 Å². The average Bonchev–Trinajstić information content (AvgIpc) is 2.77. The molecule has 0 fully saturated rings. The van der Waals surface area contributed by atoms with Gasteiger partial charge in [0, 0.05) is 12.6 Å². The number of aromatic nitrogens is 2. The number of benzene rings is 1. The van der Waals surface area contributed by atoms with Crippen LogP contribution in [0.5, 0.6) is 0 Å². The van der Waals surface area contributed by atoms with Gasteiger partial charge in [0.25, 0.3) is 0 Å². The van der Waals surface area contributed by atoms with E-state index in [1.54, 1.807) is 6.20 Å². The highest BCUT2D eigenvalue weighted by atomic mass is 16.6. The summed E-state index contributed by atoms with van der Waals surface area (Å²) in [5.41, 5.74) is 1.51. The van der Waals surface area contributed by atoms with Crippen LogP contribution >= 0.6 is 0 Å². The Hall–Kier alpha value is -2.10. The molecule has 1 heterocycles. The van der Waals surface area contributed by atoms with E-state index in [0.29, 0.717) is 6.42 Å². The molecule has 4 nitrogen and oxygen atoms in total. The average molecular weight is 258 g/mol. The van der Waals surface area contributed by atoms with E-state index in [-0.39, 0.29) is 0 Å². The summed E-state index contributed by atoms with van der Waals surface area (Å²) in [6.07, 6.45) is 3.50. The first kappa shape index (κ1) is 13.3. The van der Waals surface area contributed by atoms with Crippen LogP contribution in [-0.2, 0) is 11.2 Å². The molecular weight excluding hydrogens is 240 g/mol. The maximum atomic E-state index is 11.8. The van der Waals surface area contributed by atoms with Gasteiger partial charge < -0.3 is 4.74 Å². The lowest BCUT2D eigenvalue weighted by Gasteiger charge is -2.19. The SMILES string of the molecule is CC(C)(C)OC(=O)n1cnc(Cc2ccccc2)c1. The molecule has 1 aromatic carbocycles. The molecule has 0 atom stereocenters. The van der Waals surface area contributed by atoms with Gasteiger partial charge >= 0.3 is 6.09 Å². The first-order chi connectivity index (χ1) is 8.94. The smallest absolute Gasteiger partial charge is 0.419 e. The van der Waals surface area contributed by atoms with E-state index >= 15 is 0 Å². The molecule has 2 aromatic rings. The van der Waals surface area contributed by atoms with E-state index < -0.39 is 11.7 Å². The van der Waals surface area contributed by atoms with Gasteiger partial charge in [-0.15, -0.1) is 0 Å². The summed E-state index contributed by atoms with van der Waals surface area (Å²) in [7, 11) is 0. The topological polar surface area (TPSA) is 44.1 Å². The van der Waals surface area contributed by atoms with E-state index in [1.165, 1.54) is 10.9 Å². The molecule has 0 aliphatic carbocycles. The minimum Gasteiger partial charge on any atom is -0.443 e. The summed E-state index contributed by atoms with van der Waals surface area (Å²) in [6.45, 7) is 5.52. The molecule has 0 amide bonds. The predicted molar refractivity (Wildman–Crippen MR) is 73.1 cm³/mol. The van der Waals surface area contributed by atoms with Crippen molar-refractivity contribution in [1.82, 2.24) is 9.55 Å². The van der Waals surface area contributed by atoms with E-state index in [9.17, 15) is 4.79 Å². The molecule has 19 heavy (non-hydrogen) atoms. The molecular formula is C15H18N2O2. The lowest BCUT2D eigenvalue weighted by atomic mass is 10.1. The van der Waals surface area contributed by atoms with Gasteiger partial charge in [-0.2, -0.15) is 0 Å². The third-order valence-corrected chi connectivity index (χ3v) is 2.47. The maximum absolute atomic E-state index is 11.8. The number of hydrogen-bond donors (Lipinski definition) is 0. The second kappa shape index (κ2) is 5.26. The van der Waals surface area contributed by atoms with Crippen LogP contribution in [0.3, 0.4) is 0 Å². The van der Waals surface area contributed by atoms with Crippen LogP contribution in [0.2, 0.25) is 0 Å². The van der Waals surface area contributed by atoms with Crippen molar-refractivity contribution in [2.24, 2.45) is 0 Å².